The molecule has 2 nitrogen and oxygen atoms in total. The summed E-state index contributed by atoms with van der Waals surface area (Å²) in [6, 6.07) is 0.755. The molecule has 0 aromatic rings. The first kappa shape index (κ1) is 8.52. The van der Waals surface area contributed by atoms with E-state index >= 15 is 0 Å². The van der Waals surface area contributed by atoms with E-state index in [0.717, 1.165) is 24.4 Å². The number of hydrogen-bond donors (Lipinski definition) is 2. The van der Waals surface area contributed by atoms with Gasteiger partial charge in [-0.25, -0.2) is 0 Å². The molecule has 2 N–H and O–H groups in total. The van der Waals surface area contributed by atoms with Crippen LogP contribution in [0.2, 0.25) is 0 Å². The topological polar surface area (TPSA) is 24.1 Å². The Morgan fingerprint density at radius 1 is 1.08 bits per heavy atom. The lowest BCUT2D eigenvalue weighted by Gasteiger charge is -2.29. The van der Waals surface area contributed by atoms with Gasteiger partial charge in [0.2, 0.25) is 0 Å². The molecular weight excluding hydrogens is 148 g/mol. The Morgan fingerprint density at radius 3 is 2.42 bits per heavy atom. The minimum Gasteiger partial charge on any atom is -0.257 e. The van der Waals surface area contributed by atoms with Crippen molar-refractivity contribution in [3.63, 3.8) is 0 Å². The van der Waals surface area contributed by atoms with Crippen molar-refractivity contribution in [3.8, 4) is 0 Å². The average molecular weight is 168 g/mol. The smallest absolute Gasteiger partial charge is 0.0279 e. The molecule has 70 valence electrons. The van der Waals surface area contributed by atoms with E-state index in [0.29, 0.717) is 0 Å². The van der Waals surface area contributed by atoms with Gasteiger partial charge in [0.1, 0.15) is 0 Å². The third kappa shape index (κ3) is 1.64. The van der Waals surface area contributed by atoms with Crippen LogP contribution < -0.4 is 10.9 Å². The predicted molar refractivity (Wildman–Crippen MR) is 50.7 cm³/mol. The molecule has 2 rings (SSSR count). The second-order valence-electron chi connectivity index (χ2n) is 4.43. The Bertz CT molecular complexity index is 141. The molecule has 0 bridgehead atoms. The molecule has 0 aromatic carbocycles. The summed E-state index contributed by atoms with van der Waals surface area (Å²) in [5.41, 5.74) is 6.70. The molecule has 1 heterocycles. The van der Waals surface area contributed by atoms with Crippen LogP contribution in [-0.2, 0) is 0 Å². The lowest BCUT2D eigenvalue weighted by Crippen LogP contribution is -2.38. The van der Waals surface area contributed by atoms with Crippen molar-refractivity contribution < 1.29 is 0 Å². The fourth-order valence-corrected chi connectivity index (χ4v) is 2.68. The Labute approximate surface area is 75.1 Å². The Hall–Kier alpha value is -0.0800. The molecule has 2 aliphatic rings. The van der Waals surface area contributed by atoms with Gasteiger partial charge >= 0.3 is 0 Å². The molecule has 1 aliphatic heterocycles. The third-order valence-electron chi connectivity index (χ3n) is 3.46. The molecular formula is C10H20N2. The zero-order valence-electron chi connectivity index (χ0n) is 7.97. The normalized spacial score (nSPS) is 38.8. The van der Waals surface area contributed by atoms with Crippen LogP contribution in [0.1, 0.15) is 39.0 Å². The number of rotatable bonds is 1. The first-order valence-electron chi connectivity index (χ1n) is 5.36. The van der Waals surface area contributed by atoms with Gasteiger partial charge < -0.3 is 0 Å². The summed E-state index contributed by atoms with van der Waals surface area (Å²) in [5.74, 6) is 1.77. The maximum Gasteiger partial charge on any atom is 0.0279 e. The molecule has 1 aliphatic carbocycles. The molecule has 2 unspecified atom stereocenters. The fraction of sp³-hybridized carbons (Fsp3) is 1.00. The van der Waals surface area contributed by atoms with Gasteiger partial charge in [-0.1, -0.05) is 26.2 Å². The summed E-state index contributed by atoms with van der Waals surface area (Å²) in [6.45, 7) is 3.51. The van der Waals surface area contributed by atoms with Crippen LogP contribution in [0.25, 0.3) is 0 Å². The van der Waals surface area contributed by atoms with Crippen molar-refractivity contribution in [1.29, 1.82) is 0 Å². The third-order valence-corrected chi connectivity index (χ3v) is 3.46. The van der Waals surface area contributed by atoms with Crippen LogP contribution in [0, 0.1) is 11.8 Å². The summed E-state index contributed by atoms with van der Waals surface area (Å²) in [4.78, 5) is 0. The van der Waals surface area contributed by atoms with Crippen LogP contribution in [0.3, 0.4) is 0 Å². The molecule has 2 heteroatoms. The molecule has 2 fully saturated rings. The summed E-state index contributed by atoms with van der Waals surface area (Å²) >= 11 is 0. The van der Waals surface area contributed by atoms with Crippen LogP contribution in [0.15, 0.2) is 0 Å². The molecule has 0 radical (unpaired) electrons. The molecule has 1 saturated heterocycles. The summed E-state index contributed by atoms with van der Waals surface area (Å²) in [5, 5.41) is 0. The minimum absolute atomic E-state index is 0.755. The van der Waals surface area contributed by atoms with Gasteiger partial charge in [-0.05, 0) is 24.7 Å². The Morgan fingerprint density at radius 2 is 1.83 bits per heavy atom. The minimum atomic E-state index is 0.755. The average Bonchev–Trinajstić information content (AvgIpc) is 2.53. The molecule has 0 aromatic heterocycles. The zero-order chi connectivity index (χ0) is 8.39. The van der Waals surface area contributed by atoms with Gasteiger partial charge in [0.15, 0.2) is 0 Å². The van der Waals surface area contributed by atoms with E-state index in [1.165, 1.54) is 32.1 Å². The molecule has 2 atom stereocenters. The van der Waals surface area contributed by atoms with Crippen molar-refractivity contribution in [1.82, 2.24) is 10.9 Å². The largest absolute Gasteiger partial charge is 0.257 e. The molecule has 12 heavy (non-hydrogen) atoms. The monoisotopic (exact) mass is 168 g/mol. The van der Waals surface area contributed by atoms with E-state index in [-0.39, 0.29) is 0 Å². The van der Waals surface area contributed by atoms with Crippen LogP contribution in [-0.4, -0.2) is 12.6 Å². The van der Waals surface area contributed by atoms with Crippen LogP contribution >= 0.6 is 0 Å². The quantitative estimate of drug-likeness (QED) is 0.622. The standard InChI is InChI=1S/C10H20N2/c1-8-7-11-12-10(8)9-5-3-2-4-6-9/h8-12H,2-7H2,1H3. The maximum atomic E-state index is 3.43. The highest BCUT2D eigenvalue weighted by Gasteiger charge is 2.30. The lowest BCUT2D eigenvalue weighted by molar-refractivity contribution is 0.252. The van der Waals surface area contributed by atoms with Crippen molar-refractivity contribution in [2.75, 3.05) is 6.54 Å². The fourth-order valence-electron chi connectivity index (χ4n) is 2.68. The Kier molecular flexibility index (Phi) is 2.66. The Balaban J connectivity index is 1.89. The van der Waals surface area contributed by atoms with Crippen molar-refractivity contribution >= 4 is 0 Å². The zero-order valence-corrected chi connectivity index (χ0v) is 7.97. The molecule has 1 saturated carbocycles. The number of hydrogen-bond acceptors (Lipinski definition) is 2. The number of nitrogens with one attached hydrogen (secondary N) is 2. The van der Waals surface area contributed by atoms with E-state index in [1.54, 1.807) is 0 Å². The van der Waals surface area contributed by atoms with Gasteiger partial charge in [0.05, 0.1) is 0 Å². The SMILES string of the molecule is CC1CNNC1C1CCCCC1. The second-order valence-corrected chi connectivity index (χ2v) is 4.43. The van der Waals surface area contributed by atoms with E-state index in [2.05, 4.69) is 17.8 Å². The summed E-state index contributed by atoms with van der Waals surface area (Å²) in [6.07, 6.45) is 7.27. The van der Waals surface area contributed by atoms with Gasteiger partial charge in [0.25, 0.3) is 0 Å². The van der Waals surface area contributed by atoms with Crippen molar-refractivity contribution in [2.24, 2.45) is 11.8 Å². The maximum absolute atomic E-state index is 3.43. The van der Waals surface area contributed by atoms with Gasteiger partial charge in [0, 0.05) is 12.6 Å². The van der Waals surface area contributed by atoms with Gasteiger partial charge in [-0.3, -0.25) is 10.9 Å². The highest BCUT2D eigenvalue weighted by molar-refractivity contribution is 4.86. The van der Waals surface area contributed by atoms with E-state index < -0.39 is 0 Å². The lowest BCUT2D eigenvalue weighted by atomic mass is 9.80. The van der Waals surface area contributed by atoms with Crippen molar-refractivity contribution in [3.05, 3.63) is 0 Å². The van der Waals surface area contributed by atoms with Crippen LogP contribution in [0.4, 0.5) is 0 Å². The molecule has 0 spiro atoms. The first-order chi connectivity index (χ1) is 5.88. The number of hydrazine groups is 1. The van der Waals surface area contributed by atoms with Crippen molar-refractivity contribution in [2.45, 2.75) is 45.1 Å². The van der Waals surface area contributed by atoms with E-state index in [1.807, 2.05) is 0 Å². The first-order valence-corrected chi connectivity index (χ1v) is 5.36. The van der Waals surface area contributed by atoms with Gasteiger partial charge in [-0.2, -0.15) is 0 Å². The van der Waals surface area contributed by atoms with Gasteiger partial charge in [-0.15, -0.1) is 0 Å². The summed E-state index contributed by atoms with van der Waals surface area (Å²) in [7, 11) is 0. The van der Waals surface area contributed by atoms with Crippen LogP contribution in [0.5, 0.6) is 0 Å². The highest BCUT2D eigenvalue weighted by atomic mass is 15.4. The highest BCUT2D eigenvalue weighted by Crippen LogP contribution is 2.30. The predicted octanol–water partition coefficient (Wildman–Crippen LogP) is 1.68. The summed E-state index contributed by atoms with van der Waals surface area (Å²) < 4.78 is 0. The molecule has 0 amide bonds. The second kappa shape index (κ2) is 3.75. The van der Waals surface area contributed by atoms with E-state index in [9.17, 15) is 0 Å². The van der Waals surface area contributed by atoms with E-state index in [4.69, 9.17) is 0 Å².